The van der Waals surface area contributed by atoms with Crippen molar-refractivity contribution in [1.29, 1.82) is 0 Å². The van der Waals surface area contributed by atoms with E-state index in [1.165, 1.54) is 0 Å². The summed E-state index contributed by atoms with van der Waals surface area (Å²) in [5.41, 5.74) is 1.45. The molecule has 104 valence electrons. The highest BCUT2D eigenvalue weighted by molar-refractivity contribution is 5.79. The summed E-state index contributed by atoms with van der Waals surface area (Å²) in [6.45, 7) is 2.73. The molecule has 1 aliphatic heterocycles. The van der Waals surface area contributed by atoms with Crippen molar-refractivity contribution in [2.45, 2.75) is 25.8 Å². The topological polar surface area (TPSA) is 79.2 Å². The summed E-state index contributed by atoms with van der Waals surface area (Å²) in [7, 11) is 0. The number of carboxylic acid groups (broad SMARTS) is 1. The van der Waals surface area contributed by atoms with E-state index in [2.05, 4.69) is 22.1 Å². The van der Waals surface area contributed by atoms with Crippen molar-refractivity contribution in [3.05, 3.63) is 24.3 Å². The van der Waals surface area contributed by atoms with Crippen molar-refractivity contribution in [3.63, 3.8) is 0 Å². The first kappa shape index (κ1) is 12.8. The number of rotatable bonds is 2. The molecule has 2 heterocycles. The second-order valence-electron chi connectivity index (χ2n) is 5.28. The number of carbonyl (C=O) groups is 1. The van der Waals surface area contributed by atoms with Crippen molar-refractivity contribution in [1.82, 2.24) is 15.2 Å². The van der Waals surface area contributed by atoms with Gasteiger partial charge >= 0.3 is 5.97 Å². The molecular formula is C14H16N4O2. The number of para-hydroxylation sites is 1. The summed E-state index contributed by atoms with van der Waals surface area (Å²) in [4.78, 5) is 17.6. The highest BCUT2D eigenvalue weighted by atomic mass is 16.4. The first-order valence-corrected chi connectivity index (χ1v) is 6.74. The van der Waals surface area contributed by atoms with Crippen LogP contribution in [-0.2, 0) is 4.79 Å². The number of aliphatic carboxylic acids is 1. The van der Waals surface area contributed by atoms with Gasteiger partial charge in [-0.1, -0.05) is 19.1 Å². The fraction of sp³-hybridized carbons (Fsp3) is 0.429. The molecule has 0 aliphatic carbocycles. The molecule has 0 spiro atoms. The van der Waals surface area contributed by atoms with E-state index in [-0.39, 0.29) is 0 Å². The average molecular weight is 272 g/mol. The Kier molecular flexibility index (Phi) is 3.22. The fourth-order valence-corrected chi connectivity index (χ4v) is 2.61. The van der Waals surface area contributed by atoms with Crippen molar-refractivity contribution in [2.24, 2.45) is 5.92 Å². The normalized spacial score (nSPS) is 22.9. The monoisotopic (exact) mass is 272 g/mol. The lowest BCUT2D eigenvalue weighted by Crippen LogP contribution is -2.47. The standard InChI is InChI=1S/C14H16N4O2/c1-9-6-7-18(12(8-9)13(19)20)14-15-10-4-2-3-5-11(10)16-17-14/h2-5,9,12H,6-8H2,1H3,(H,19,20). The quantitative estimate of drug-likeness (QED) is 0.896. The Labute approximate surface area is 116 Å². The molecule has 1 saturated heterocycles. The molecule has 6 nitrogen and oxygen atoms in total. The minimum absolute atomic E-state index is 0.403. The summed E-state index contributed by atoms with van der Waals surface area (Å²) >= 11 is 0. The van der Waals surface area contributed by atoms with Gasteiger partial charge in [-0.3, -0.25) is 0 Å². The maximum atomic E-state index is 11.4. The number of piperidine rings is 1. The molecule has 3 rings (SSSR count). The number of anilines is 1. The number of fused-ring (bicyclic) bond motifs is 1. The van der Waals surface area contributed by atoms with Crippen LogP contribution in [0.15, 0.2) is 24.3 Å². The van der Waals surface area contributed by atoms with Gasteiger partial charge in [0.05, 0.1) is 5.52 Å². The Morgan fingerprint density at radius 1 is 1.30 bits per heavy atom. The van der Waals surface area contributed by atoms with Crippen LogP contribution in [0.4, 0.5) is 5.95 Å². The van der Waals surface area contributed by atoms with Crippen LogP contribution in [0.3, 0.4) is 0 Å². The molecule has 0 amide bonds. The molecule has 0 saturated carbocycles. The third-order valence-corrected chi connectivity index (χ3v) is 3.76. The first-order chi connectivity index (χ1) is 9.65. The summed E-state index contributed by atoms with van der Waals surface area (Å²) in [6, 6.07) is 6.89. The highest BCUT2D eigenvalue weighted by Crippen LogP contribution is 2.26. The Balaban J connectivity index is 1.97. The van der Waals surface area contributed by atoms with Crippen LogP contribution in [0.2, 0.25) is 0 Å². The van der Waals surface area contributed by atoms with Gasteiger partial charge in [0, 0.05) is 6.54 Å². The van der Waals surface area contributed by atoms with E-state index in [1.54, 1.807) is 4.90 Å². The maximum absolute atomic E-state index is 11.4. The number of aromatic nitrogens is 3. The molecule has 2 unspecified atom stereocenters. The van der Waals surface area contributed by atoms with Gasteiger partial charge in [-0.2, -0.15) is 0 Å². The van der Waals surface area contributed by atoms with E-state index in [0.29, 0.717) is 30.3 Å². The summed E-state index contributed by atoms with van der Waals surface area (Å²) in [5, 5.41) is 17.6. The van der Waals surface area contributed by atoms with Crippen LogP contribution in [0.5, 0.6) is 0 Å². The predicted octanol–water partition coefficient (Wildman–Crippen LogP) is 1.71. The van der Waals surface area contributed by atoms with Gasteiger partial charge in [0.1, 0.15) is 11.6 Å². The van der Waals surface area contributed by atoms with E-state index in [4.69, 9.17) is 0 Å². The van der Waals surface area contributed by atoms with Crippen molar-refractivity contribution < 1.29 is 9.90 Å². The zero-order valence-electron chi connectivity index (χ0n) is 11.2. The van der Waals surface area contributed by atoms with Gasteiger partial charge in [0.2, 0.25) is 5.95 Å². The third kappa shape index (κ3) is 2.29. The minimum Gasteiger partial charge on any atom is -0.480 e. The number of nitrogens with zero attached hydrogens (tertiary/aromatic N) is 4. The van der Waals surface area contributed by atoms with Gasteiger partial charge < -0.3 is 10.0 Å². The molecule has 2 aromatic rings. The summed E-state index contributed by atoms with van der Waals surface area (Å²) in [5.74, 6) is -0.0166. The van der Waals surface area contributed by atoms with Gasteiger partial charge in [0.25, 0.3) is 0 Å². The summed E-state index contributed by atoms with van der Waals surface area (Å²) < 4.78 is 0. The van der Waals surface area contributed by atoms with Crippen LogP contribution >= 0.6 is 0 Å². The Hall–Kier alpha value is -2.24. The number of hydrogen-bond donors (Lipinski definition) is 1. The third-order valence-electron chi connectivity index (χ3n) is 3.76. The fourth-order valence-electron chi connectivity index (χ4n) is 2.61. The molecule has 1 N–H and O–H groups in total. The van der Waals surface area contributed by atoms with E-state index in [0.717, 1.165) is 11.9 Å². The largest absolute Gasteiger partial charge is 0.480 e. The van der Waals surface area contributed by atoms with Gasteiger partial charge in [-0.15, -0.1) is 10.2 Å². The Bertz CT molecular complexity index is 646. The molecule has 1 aliphatic rings. The van der Waals surface area contributed by atoms with Crippen molar-refractivity contribution in [3.8, 4) is 0 Å². The predicted molar refractivity (Wildman–Crippen MR) is 74.5 cm³/mol. The number of benzene rings is 1. The van der Waals surface area contributed by atoms with Crippen molar-refractivity contribution in [2.75, 3.05) is 11.4 Å². The molecule has 0 radical (unpaired) electrons. The van der Waals surface area contributed by atoms with Gasteiger partial charge in [0.15, 0.2) is 0 Å². The summed E-state index contributed by atoms with van der Waals surface area (Å²) in [6.07, 6.45) is 1.56. The second-order valence-corrected chi connectivity index (χ2v) is 5.28. The SMILES string of the molecule is CC1CCN(c2nnc3ccccc3n2)C(C(=O)O)C1. The molecule has 20 heavy (non-hydrogen) atoms. The molecular weight excluding hydrogens is 256 g/mol. The van der Waals surface area contributed by atoms with E-state index in [1.807, 2.05) is 24.3 Å². The number of carboxylic acids is 1. The van der Waals surface area contributed by atoms with Crippen LogP contribution in [0.25, 0.3) is 11.0 Å². The van der Waals surface area contributed by atoms with E-state index in [9.17, 15) is 9.90 Å². The van der Waals surface area contributed by atoms with Gasteiger partial charge in [-0.25, -0.2) is 9.78 Å². The van der Waals surface area contributed by atoms with Crippen LogP contribution in [0, 0.1) is 5.92 Å². The lowest BCUT2D eigenvalue weighted by Gasteiger charge is -2.35. The Morgan fingerprint density at radius 2 is 2.05 bits per heavy atom. The molecule has 2 atom stereocenters. The van der Waals surface area contributed by atoms with Crippen LogP contribution in [0.1, 0.15) is 19.8 Å². The smallest absolute Gasteiger partial charge is 0.326 e. The van der Waals surface area contributed by atoms with Crippen LogP contribution in [-0.4, -0.2) is 38.8 Å². The first-order valence-electron chi connectivity index (χ1n) is 6.74. The van der Waals surface area contributed by atoms with E-state index >= 15 is 0 Å². The lowest BCUT2D eigenvalue weighted by atomic mass is 9.93. The molecule has 1 aromatic carbocycles. The second kappa shape index (κ2) is 5.03. The molecule has 1 aromatic heterocycles. The van der Waals surface area contributed by atoms with Gasteiger partial charge in [-0.05, 0) is 30.9 Å². The minimum atomic E-state index is -0.826. The number of hydrogen-bond acceptors (Lipinski definition) is 5. The van der Waals surface area contributed by atoms with Crippen molar-refractivity contribution >= 4 is 23.0 Å². The highest BCUT2D eigenvalue weighted by Gasteiger charge is 2.33. The van der Waals surface area contributed by atoms with E-state index < -0.39 is 12.0 Å². The Morgan fingerprint density at radius 3 is 2.80 bits per heavy atom. The zero-order chi connectivity index (χ0) is 14.1. The molecule has 1 fully saturated rings. The lowest BCUT2D eigenvalue weighted by molar-refractivity contribution is -0.139. The molecule has 0 bridgehead atoms. The van der Waals surface area contributed by atoms with Crippen LogP contribution < -0.4 is 4.90 Å². The average Bonchev–Trinajstić information content (AvgIpc) is 2.46. The molecule has 6 heteroatoms. The maximum Gasteiger partial charge on any atom is 0.326 e. The zero-order valence-corrected chi connectivity index (χ0v) is 11.2.